The maximum absolute atomic E-state index is 13.6. The molecule has 1 aromatic carbocycles. The molecule has 0 bridgehead atoms. The summed E-state index contributed by atoms with van der Waals surface area (Å²) in [6.07, 6.45) is 4.64. The summed E-state index contributed by atoms with van der Waals surface area (Å²) in [7, 11) is 0. The van der Waals surface area contributed by atoms with Crippen molar-refractivity contribution in [3.05, 3.63) is 35.4 Å². The highest BCUT2D eigenvalue weighted by molar-refractivity contribution is 5.83. The molecule has 0 fully saturated rings. The van der Waals surface area contributed by atoms with Gasteiger partial charge in [0.15, 0.2) is 0 Å². The maximum Gasteiger partial charge on any atom is 0.241 e. The van der Waals surface area contributed by atoms with Crippen LogP contribution in [-0.2, 0) is 4.79 Å². The topological polar surface area (TPSA) is 55.1 Å². The second-order valence-corrected chi connectivity index (χ2v) is 5.25. The first-order valence-corrected chi connectivity index (χ1v) is 7.51. The fourth-order valence-corrected chi connectivity index (χ4v) is 2.32. The molecule has 1 aromatic rings. The smallest absolute Gasteiger partial charge is 0.241 e. The highest BCUT2D eigenvalue weighted by Crippen LogP contribution is 2.19. The SMILES string of the molecule is CCCCC(CCC)NC(=O)C(N)c1c(F)cccc1F. The summed E-state index contributed by atoms with van der Waals surface area (Å²) in [5.41, 5.74) is 5.35. The van der Waals surface area contributed by atoms with E-state index in [-0.39, 0.29) is 11.6 Å². The van der Waals surface area contributed by atoms with Gasteiger partial charge in [0.05, 0.1) is 0 Å². The fourth-order valence-electron chi connectivity index (χ4n) is 2.32. The van der Waals surface area contributed by atoms with Gasteiger partial charge in [-0.2, -0.15) is 0 Å². The first-order valence-electron chi connectivity index (χ1n) is 7.51. The average molecular weight is 298 g/mol. The van der Waals surface area contributed by atoms with E-state index in [1.165, 1.54) is 6.07 Å². The summed E-state index contributed by atoms with van der Waals surface area (Å²) in [5, 5.41) is 2.81. The molecule has 21 heavy (non-hydrogen) atoms. The zero-order valence-corrected chi connectivity index (χ0v) is 12.7. The van der Waals surface area contributed by atoms with E-state index in [4.69, 9.17) is 5.73 Å². The minimum Gasteiger partial charge on any atom is -0.352 e. The number of nitrogens with one attached hydrogen (secondary N) is 1. The van der Waals surface area contributed by atoms with Crippen LogP contribution in [0.2, 0.25) is 0 Å². The van der Waals surface area contributed by atoms with Crippen molar-refractivity contribution in [3.63, 3.8) is 0 Å². The van der Waals surface area contributed by atoms with E-state index in [0.717, 1.165) is 44.2 Å². The third-order valence-electron chi connectivity index (χ3n) is 3.48. The van der Waals surface area contributed by atoms with Crippen LogP contribution in [0.5, 0.6) is 0 Å². The highest BCUT2D eigenvalue weighted by atomic mass is 19.1. The van der Waals surface area contributed by atoms with Crippen LogP contribution < -0.4 is 11.1 Å². The Morgan fingerprint density at radius 3 is 2.33 bits per heavy atom. The predicted molar refractivity (Wildman–Crippen MR) is 79.7 cm³/mol. The van der Waals surface area contributed by atoms with Crippen LogP contribution in [0.1, 0.15) is 57.6 Å². The lowest BCUT2D eigenvalue weighted by atomic mass is 10.0. The van der Waals surface area contributed by atoms with Crippen molar-refractivity contribution in [1.82, 2.24) is 5.32 Å². The molecular weight excluding hydrogens is 274 g/mol. The molecule has 3 N–H and O–H groups in total. The van der Waals surface area contributed by atoms with E-state index in [0.29, 0.717) is 0 Å². The molecular formula is C16H24F2N2O. The normalized spacial score (nSPS) is 13.8. The third kappa shape index (κ3) is 5.08. The quantitative estimate of drug-likeness (QED) is 0.772. The first-order chi connectivity index (χ1) is 10.0. The van der Waals surface area contributed by atoms with Crippen molar-refractivity contribution < 1.29 is 13.6 Å². The van der Waals surface area contributed by atoms with Crippen molar-refractivity contribution in [3.8, 4) is 0 Å². The summed E-state index contributed by atoms with van der Waals surface area (Å²) in [6.45, 7) is 4.10. The van der Waals surface area contributed by atoms with Crippen molar-refractivity contribution in [2.24, 2.45) is 5.73 Å². The summed E-state index contributed by atoms with van der Waals surface area (Å²) in [5.74, 6) is -2.12. The van der Waals surface area contributed by atoms with Crippen LogP contribution in [0, 0.1) is 11.6 Å². The Hall–Kier alpha value is -1.49. The predicted octanol–water partition coefficient (Wildman–Crippen LogP) is 3.44. The Kier molecular flexibility index (Phi) is 7.29. The molecule has 3 nitrogen and oxygen atoms in total. The number of halogens is 2. The van der Waals surface area contributed by atoms with Crippen LogP contribution in [0.15, 0.2) is 18.2 Å². The van der Waals surface area contributed by atoms with Gasteiger partial charge >= 0.3 is 0 Å². The molecule has 0 aromatic heterocycles. The Labute approximate surface area is 124 Å². The molecule has 0 saturated heterocycles. The zero-order chi connectivity index (χ0) is 15.8. The van der Waals surface area contributed by atoms with Gasteiger partial charge in [-0.3, -0.25) is 4.79 Å². The lowest BCUT2D eigenvalue weighted by Gasteiger charge is -2.21. The Morgan fingerprint density at radius 1 is 1.19 bits per heavy atom. The van der Waals surface area contributed by atoms with Gasteiger partial charge in [0, 0.05) is 11.6 Å². The van der Waals surface area contributed by atoms with Crippen LogP contribution in [0.4, 0.5) is 8.78 Å². The monoisotopic (exact) mass is 298 g/mol. The molecule has 0 saturated carbocycles. The molecule has 0 aliphatic heterocycles. The van der Waals surface area contributed by atoms with E-state index in [9.17, 15) is 13.6 Å². The van der Waals surface area contributed by atoms with Gasteiger partial charge in [-0.25, -0.2) is 8.78 Å². The van der Waals surface area contributed by atoms with Gasteiger partial charge in [0.1, 0.15) is 17.7 Å². The molecule has 0 aliphatic carbocycles. The second-order valence-electron chi connectivity index (χ2n) is 5.25. The summed E-state index contributed by atoms with van der Waals surface area (Å²) in [6, 6.07) is 2.13. The molecule has 0 spiro atoms. The molecule has 2 atom stereocenters. The molecule has 1 rings (SSSR count). The van der Waals surface area contributed by atoms with E-state index in [1.807, 2.05) is 6.92 Å². The van der Waals surface area contributed by atoms with Gasteiger partial charge < -0.3 is 11.1 Å². The molecule has 0 aliphatic rings. The van der Waals surface area contributed by atoms with E-state index >= 15 is 0 Å². The van der Waals surface area contributed by atoms with E-state index in [2.05, 4.69) is 12.2 Å². The van der Waals surface area contributed by atoms with Crippen LogP contribution >= 0.6 is 0 Å². The lowest BCUT2D eigenvalue weighted by Crippen LogP contribution is -2.41. The third-order valence-corrected chi connectivity index (χ3v) is 3.48. The number of hydrogen-bond acceptors (Lipinski definition) is 2. The standard InChI is InChI=1S/C16H24F2N2O/c1-3-5-8-11(7-4-2)20-16(21)15(19)14-12(17)9-6-10-13(14)18/h6,9-11,15H,3-5,7-8,19H2,1-2H3,(H,20,21). The Bertz CT molecular complexity index is 445. The molecule has 1 amide bonds. The minimum atomic E-state index is -1.33. The first kappa shape index (κ1) is 17.6. The molecule has 5 heteroatoms. The van der Waals surface area contributed by atoms with Crippen LogP contribution in [-0.4, -0.2) is 11.9 Å². The van der Waals surface area contributed by atoms with E-state index < -0.39 is 23.6 Å². The van der Waals surface area contributed by atoms with Gasteiger partial charge in [-0.1, -0.05) is 39.2 Å². The van der Waals surface area contributed by atoms with Crippen molar-refractivity contribution in [1.29, 1.82) is 0 Å². The van der Waals surface area contributed by atoms with Gasteiger partial charge in [0.2, 0.25) is 5.91 Å². The number of carbonyl (C=O) groups is 1. The summed E-state index contributed by atoms with van der Waals surface area (Å²) in [4.78, 5) is 12.1. The second kappa shape index (κ2) is 8.72. The minimum absolute atomic E-state index is 0.00309. The zero-order valence-electron chi connectivity index (χ0n) is 12.7. The number of nitrogens with two attached hydrogens (primary N) is 1. The van der Waals surface area contributed by atoms with Crippen molar-refractivity contribution in [2.45, 2.75) is 58.0 Å². The summed E-state index contributed by atoms with van der Waals surface area (Å²) < 4.78 is 27.3. The highest BCUT2D eigenvalue weighted by Gasteiger charge is 2.24. The Morgan fingerprint density at radius 2 is 1.81 bits per heavy atom. The number of hydrogen-bond donors (Lipinski definition) is 2. The lowest BCUT2D eigenvalue weighted by molar-refractivity contribution is -0.123. The number of amides is 1. The number of carbonyl (C=O) groups excluding carboxylic acids is 1. The fraction of sp³-hybridized carbons (Fsp3) is 0.562. The molecule has 118 valence electrons. The van der Waals surface area contributed by atoms with Crippen molar-refractivity contribution in [2.75, 3.05) is 0 Å². The summed E-state index contributed by atoms with van der Waals surface area (Å²) >= 11 is 0. The Balaban J connectivity index is 2.77. The maximum atomic E-state index is 13.6. The van der Waals surface area contributed by atoms with E-state index in [1.54, 1.807) is 0 Å². The molecule has 0 heterocycles. The average Bonchev–Trinajstić information content (AvgIpc) is 2.44. The largest absolute Gasteiger partial charge is 0.352 e. The number of benzene rings is 1. The molecule has 0 radical (unpaired) electrons. The number of rotatable bonds is 8. The number of unbranched alkanes of at least 4 members (excludes halogenated alkanes) is 1. The van der Waals surface area contributed by atoms with Gasteiger partial charge in [-0.15, -0.1) is 0 Å². The van der Waals surface area contributed by atoms with Gasteiger partial charge in [0.25, 0.3) is 0 Å². The van der Waals surface area contributed by atoms with Crippen LogP contribution in [0.25, 0.3) is 0 Å². The van der Waals surface area contributed by atoms with Crippen LogP contribution in [0.3, 0.4) is 0 Å². The molecule has 2 unspecified atom stereocenters. The van der Waals surface area contributed by atoms with Gasteiger partial charge in [-0.05, 0) is 25.0 Å². The van der Waals surface area contributed by atoms with Crippen molar-refractivity contribution >= 4 is 5.91 Å².